The largest absolute Gasteiger partial charge is 0.494 e. The van der Waals surface area contributed by atoms with Gasteiger partial charge in [-0.25, -0.2) is 0 Å². The molecular weight excluding hydrogens is 328 g/mol. The highest BCUT2D eigenvalue weighted by molar-refractivity contribution is 5.90. The number of para-hydroxylation sites is 1. The molecule has 5 nitrogen and oxygen atoms in total. The van der Waals surface area contributed by atoms with Crippen LogP contribution in [0.3, 0.4) is 0 Å². The fourth-order valence-corrected chi connectivity index (χ4v) is 2.44. The summed E-state index contributed by atoms with van der Waals surface area (Å²) in [5.74, 6) is 0.797. The van der Waals surface area contributed by atoms with E-state index in [9.17, 15) is 9.59 Å². The van der Waals surface area contributed by atoms with Gasteiger partial charge < -0.3 is 15.4 Å². The normalized spacial score (nSPS) is 11.5. The maximum atomic E-state index is 12.1. The molecule has 0 heterocycles. The van der Waals surface area contributed by atoms with Crippen LogP contribution >= 0.6 is 0 Å². The third kappa shape index (κ3) is 6.59. The zero-order valence-electron chi connectivity index (χ0n) is 15.3. The summed E-state index contributed by atoms with van der Waals surface area (Å²) in [4.78, 5) is 23.4. The number of benzene rings is 2. The third-order valence-corrected chi connectivity index (χ3v) is 3.95. The Bertz CT molecular complexity index is 699. The van der Waals surface area contributed by atoms with Crippen LogP contribution in [0.25, 0.3) is 0 Å². The zero-order valence-corrected chi connectivity index (χ0v) is 15.3. The maximum absolute atomic E-state index is 12.1. The lowest BCUT2D eigenvalue weighted by atomic mass is 10.1. The van der Waals surface area contributed by atoms with E-state index >= 15 is 0 Å². The number of hydrogen-bond acceptors (Lipinski definition) is 3. The SMILES string of the molecule is CCC(=O)Nc1ccc(C(C)NC(=O)CCCOc2ccccc2)cc1. The minimum absolute atomic E-state index is 0.00229. The summed E-state index contributed by atoms with van der Waals surface area (Å²) in [5, 5.41) is 5.79. The second-order valence-corrected chi connectivity index (χ2v) is 6.08. The average Bonchev–Trinajstić information content (AvgIpc) is 2.66. The average molecular weight is 354 g/mol. The molecule has 0 radical (unpaired) electrons. The highest BCUT2D eigenvalue weighted by Gasteiger charge is 2.10. The number of anilines is 1. The van der Waals surface area contributed by atoms with Gasteiger partial charge in [-0.15, -0.1) is 0 Å². The molecule has 2 aromatic carbocycles. The Morgan fingerprint density at radius 3 is 2.35 bits per heavy atom. The monoisotopic (exact) mass is 354 g/mol. The van der Waals surface area contributed by atoms with Crippen molar-refractivity contribution in [1.82, 2.24) is 5.32 Å². The van der Waals surface area contributed by atoms with Crippen molar-refractivity contribution in [1.29, 1.82) is 0 Å². The van der Waals surface area contributed by atoms with Crippen LogP contribution in [0.2, 0.25) is 0 Å². The second kappa shape index (κ2) is 10.2. The molecule has 138 valence electrons. The molecule has 0 bridgehead atoms. The molecule has 2 N–H and O–H groups in total. The van der Waals surface area contributed by atoms with Crippen LogP contribution in [-0.4, -0.2) is 18.4 Å². The van der Waals surface area contributed by atoms with Crippen LogP contribution in [-0.2, 0) is 9.59 Å². The van der Waals surface area contributed by atoms with E-state index in [1.54, 1.807) is 0 Å². The molecule has 0 aliphatic heterocycles. The van der Waals surface area contributed by atoms with Gasteiger partial charge in [0.15, 0.2) is 0 Å². The van der Waals surface area contributed by atoms with Crippen molar-refractivity contribution in [3.63, 3.8) is 0 Å². The van der Waals surface area contributed by atoms with Gasteiger partial charge in [-0.05, 0) is 43.2 Å². The predicted molar refractivity (Wildman–Crippen MR) is 103 cm³/mol. The van der Waals surface area contributed by atoms with Gasteiger partial charge in [-0.3, -0.25) is 9.59 Å². The molecule has 2 rings (SSSR count). The Balaban J connectivity index is 1.71. The van der Waals surface area contributed by atoms with E-state index in [1.165, 1.54) is 0 Å². The van der Waals surface area contributed by atoms with Crippen LogP contribution in [0.15, 0.2) is 54.6 Å². The first-order chi connectivity index (χ1) is 12.6. The molecule has 0 spiro atoms. The van der Waals surface area contributed by atoms with Gasteiger partial charge in [0.25, 0.3) is 0 Å². The van der Waals surface area contributed by atoms with Crippen LogP contribution in [0.4, 0.5) is 5.69 Å². The van der Waals surface area contributed by atoms with Crippen LogP contribution in [0, 0.1) is 0 Å². The summed E-state index contributed by atoms with van der Waals surface area (Å²) in [6.45, 7) is 4.27. The highest BCUT2D eigenvalue weighted by Crippen LogP contribution is 2.16. The number of nitrogens with one attached hydrogen (secondary N) is 2. The van der Waals surface area contributed by atoms with E-state index in [0.717, 1.165) is 17.0 Å². The summed E-state index contributed by atoms with van der Waals surface area (Å²) in [6.07, 6.45) is 1.53. The van der Waals surface area contributed by atoms with Gasteiger partial charge >= 0.3 is 0 Å². The van der Waals surface area contributed by atoms with Gasteiger partial charge in [-0.2, -0.15) is 0 Å². The number of amides is 2. The molecule has 1 atom stereocenters. The molecule has 2 amide bonds. The summed E-state index contributed by atoms with van der Waals surface area (Å²) in [6, 6.07) is 17.0. The lowest BCUT2D eigenvalue weighted by Gasteiger charge is -2.15. The van der Waals surface area contributed by atoms with Crippen molar-refractivity contribution < 1.29 is 14.3 Å². The zero-order chi connectivity index (χ0) is 18.8. The first-order valence-corrected chi connectivity index (χ1v) is 8.95. The molecular formula is C21H26N2O3. The molecule has 0 aromatic heterocycles. The van der Waals surface area contributed by atoms with Gasteiger partial charge in [-0.1, -0.05) is 37.3 Å². The molecule has 2 aromatic rings. The molecule has 5 heteroatoms. The Hall–Kier alpha value is -2.82. The molecule has 0 aliphatic rings. The summed E-state index contributed by atoms with van der Waals surface area (Å²) in [7, 11) is 0. The fraction of sp³-hybridized carbons (Fsp3) is 0.333. The van der Waals surface area contributed by atoms with Crippen molar-refractivity contribution in [2.24, 2.45) is 0 Å². The number of ether oxygens (including phenoxy) is 1. The molecule has 1 unspecified atom stereocenters. The van der Waals surface area contributed by atoms with Crippen LogP contribution in [0.5, 0.6) is 5.75 Å². The van der Waals surface area contributed by atoms with Crippen LogP contribution < -0.4 is 15.4 Å². The molecule has 26 heavy (non-hydrogen) atoms. The first kappa shape index (κ1) is 19.5. The standard InChI is InChI=1S/C21H26N2O3/c1-3-20(24)23-18-13-11-17(12-14-18)16(2)22-21(25)10-7-15-26-19-8-5-4-6-9-19/h4-6,8-9,11-14,16H,3,7,10,15H2,1-2H3,(H,22,25)(H,23,24). The fourth-order valence-electron chi connectivity index (χ4n) is 2.44. The number of hydrogen-bond donors (Lipinski definition) is 2. The van der Waals surface area contributed by atoms with Crippen molar-refractivity contribution in [2.45, 2.75) is 39.2 Å². The quantitative estimate of drug-likeness (QED) is 0.667. The Labute approximate surface area is 154 Å². The van der Waals surface area contributed by atoms with Gasteiger partial charge in [0.2, 0.25) is 11.8 Å². The maximum Gasteiger partial charge on any atom is 0.224 e. The van der Waals surface area contributed by atoms with E-state index in [-0.39, 0.29) is 17.9 Å². The van der Waals surface area contributed by atoms with E-state index in [0.29, 0.717) is 25.9 Å². The van der Waals surface area contributed by atoms with E-state index in [2.05, 4.69) is 10.6 Å². The van der Waals surface area contributed by atoms with E-state index in [1.807, 2.05) is 68.4 Å². The Morgan fingerprint density at radius 1 is 1.00 bits per heavy atom. The van der Waals surface area contributed by atoms with Crippen molar-refractivity contribution in [3.8, 4) is 5.75 Å². The topological polar surface area (TPSA) is 67.4 Å². The Kier molecular flexibility index (Phi) is 7.68. The third-order valence-electron chi connectivity index (χ3n) is 3.95. The van der Waals surface area contributed by atoms with Gasteiger partial charge in [0.1, 0.15) is 5.75 Å². The Morgan fingerprint density at radius 2 is 1.69 bits per heavy atom. The molecule has 0 aliphatic carbocycles. The molecule has 0 saturated carbocycles. The van der Waals surface area contributed by atoms with E-state index in [4.69, 9.17) is 4.74 Å². The summed E-state index contributed by atoms with van der Waals surface area (Å²) < 4.78 is 5.59. The van der Waals surface area contributed by atoms with Crippen molar-refractivity contribution in [3.05, 3.63) is 60.2 Å². The van der Waals surface area contributed by atoms with Crippen LogP contribution in [0.1, 0.15) is 44.7 Å². The number of rotatable bonds is 9. The lowest BCUT2D eigenvalue weighted by Crippen LogP contribution is -2.26. The van der Waals surface area contributed by atoms with Crippen molar-refractivity contribution in [2.75, 3.05) is 11.9 Å². The van der Waals surface area contributed by atoms with Gasteiger partial charge in [0.05, 0.1) is 12.6 Å². The predicted octanol–water partition coefficient (Wildman–Crippen LogP) is 4.07. The minimum atomic E-state index is -0.0894. The second-order valence-electron chi connectivity index (χ2n) is 6.08. The minimum Gasteiger partial charge on any atom is -0.494 e. The van der Waals surface area contributed by atoms with E-state index < -0.39 is 0 Å². The summed E-state index contributed by atoms with van der Waals surface area (Å²) >= 11 is 0. The molecule has 0 fully saturated rings. The summed E-state index contributed by atoms with van der Waals surface area (Å²) in [5.41, 5.74) is 1.76. The first-order valence-electron chi connectivity index (χ1n) is 8.95. The molecule has 0 saturated heterocycles. The highest BCUT2D eigenvalue weighted by atomic mass is 16.5. The number of carbonyl (C=O) groups excluding carboxylic acids is 2. The van der Waals surface area contributed by atoms with Crippen molar-refractivity contribution >= 4 is 17.5 Å². The smallest absolute Gasteiger partial charge is 0.224 e. The number of carbonyl (C=O) groups is 2. The lowest BCUT2D eigenvalue weighted by molar-refractivity contribution is -0.122. The van der Waals surface area contributed by atoms with Gasteiger partial charge in [0, 0.05) is 18.5 Å².